The number of methoxy groups -OCH3 is 1. The highest BCUT2D eigenvalue weighted by atomic mass is 32.1. The normalized spacial score (nSPS) is 16.9. The minimum absolute atomic E-state index is 0.100. The molecule has 4 aromatic rings. The number of amides is 1. The summed E-state index contributed by atoms with van der Waals surface area (Å²) in [6.07, 6.45) is 1.79. The van der Waals surface area contributed by atoms with Crippen molar-refractivity contribution in [1.29, 1.82) is 0 Å². The van der Waals surface area contributed by atoms with Crippen LogP contribution < -0.4 is 20.3 Å². The van der Waals surface area contributed by atoms with E-state index in [9.17, 15) is 9.90 Å². The fourth-order valence-corrected chi connectivity index (χ4v) is 5.62. The molecule has 0 unspecified atom stereocenters. The number of nitrogens with zero attached hydrogens (tertiary/aromatic N) is 3. The second-order valence-electron chi connectivity index (χ2n) is 11.3. The summed E-state index contributed by atoms with van der Waals surface area (Å²) in [5, 5.41) is 16.9. The molecule has 41 heavy (non-hydrogen) atoms. The van der Waals surface area contributed by atoms with Gasteiger partial charge in [-0.3, -0.25) is 9.78 Å². The zero-order chi connectivity index (χ0) is 29.5. The number of carbonyl (C=O) groups excluding carboxylic acids is 1. The Morgan fingerprint density at radius 3 is 2.39 bits per heavy atom. The number of rotatable bonds is 6. The van der Waals surface area contributed by atoms with Crippen LogP contribution in [0.3, 0.4) is 0 Å². The number of benzene rings is 2. The Labute approximate surface area is 246 Å². The molecule has 1 fully saturated rings. The summed E-state index contributed by atoms with van der Waals surface area (Å²) in [6.45, 7) is 9.77. The van der Waals surface area contributed by atoms with E-state index >= 15 is 0 Å². The first-order chi connectivity index (χ1) is 19.5. The predicted molar refractivity (Wildman–Crippen MR) is 166 cm³/mol. The molecule has 8 nitrogen and oxygen atoms in total. The maximum Gasteiger partial charge on any atom is 0.229 e. The summed E-state index contributed by atoms with van der Waals surface area (Å²) < 4.78 is 7.90. The van der Waals surface area contributed by atoms with Crippen molar-refractivity contribution in [3.63, 3.8) is 0 Å². The van der Waals surface area contributed by atoms with Gasteiger partial charge in [0.2, 0.25) is 5.91 Å². The van der Waals surface area contributed by atoms with Crippen molar-refractivity contribution in [2.24, 2.45) is 5.41 Å². The van der Waals surface area contributed by atoms with E-state index < -0.39 is 5.41 Å². The van der Waals surface area contributed by atoms with Crippen LogP contribution in [0.5, 0.6) is 11.5 Å². The molecule has 3 N–H and O–H groups in total. The van der Waals surface area contributed by atoms with Crippen molar-refractivity contribution < 1.29 is 14.6 Å². The van der Waals surface area contributed by atoms with Crippen LogP contribution >= 0.6 is 12.2 Å². The maximum absolute atomic E-state index is 12.7. The predicted octanol–water partition coefficient (Wildman–Crippen LogP) is 6.37. The topological polar surface area (TPSA) is 91.7 Å². The highest BCUT2D eigenvalue weighted by Gasteiger charge is 2.42. The zero-order valence-corrected chi connectivity index (χ0v) is 24.9. The Morgan fingerprint density at radius 2 is 1.76 bits per heavy atom. The van der Waals surface area contributed by atoms with Gasteiger partial charge in [-0.05, 0) is 86.2 Å². The number of ether oxygens (including phenoxy) is 1. The Bertz CT molecular complexity index is 1590. The first-order valence-electron chi connectivity index (χ1n) is 13.5. The third-order valence-corrected chi connectivity index (χ3v) is 7.70. The third-order valence-electron chi connectivity index (χ3n) is 7.39. The van der Waals surface area contributed by atoms with Gasteiger partial charge in [-0.2, -0.15) is 0 Å². The van der Waals surface area contributed by atoms with Gasteiger partial charge >= 0.3 is 0 Å². The first-order valence-corrected chi connectivity index (χ1v) is 13.9. The molecule has 0 spiro atoms. The number of nitrogens with one attached hydrogen (secondary N) is 2. The zero-order valence-electron chi connectivity index (χ0n) is 24.1. The molecular formula is C32H35N5O3S. The minimum Gasteiger partial charge on any atom is -0.508 e. The fourth-order valence-electron chi connectivity index (χ4n) is 5.28. The summed E-state index contributed by atoms with van der Waals surface area (Å²) in [6, 6.07) is 20.5. The van der Waals surface area contributed by atoms with E-state index in [1.165, 1.54) is 0 Å². The van der Waals surface area contributed by atoms with Crippen molar-refractivity contribution in [1.82, 2.24) is 14.9 Å². The van der Waals surface area contributed by atoms with Gasteiger partial charge in [0, 0.05) is 40.4 Å². The summed E-state index contributed by atoms with van der Waals surface area (Å²) in [5.41, 5.74) is 5.89. The molecule has 5 rings (SSSR count). The fraction of sp³-hybridized carbons (Fsp3) is 0.281. The molecule has 2 aromatic heterocycles. The van der Waals surface area contributed by atoms with Gasteiger partial charge in [0.25, 0.3) is 0 Å². The van der Waals surface area contributed by atoms with Crippen LogP contribution in [0.15, 0.2) is 72.9 Å². The highest BCUT2D eigenvalue weighted by molar-refractivity contribution is 7.80. The number of aryl methyl sites for hydroxylation is 1. The average Bonchev–Trinajstić information content (AvgIpc) is 3.44. The molecule has 2 aromatic carbocycles. The Kier molecular flexibility index (Phi) is 7.48. The maximum atomic E-state index is 12.7. The smallest absolute Gasteiger partial charge is 0.229 e. The van der Waals surface area contributed by atoms with Crippen molar-refractivity contribution in [2.75, 3.05) is 17.3 Å². The van der Waals surface area contributed by atoms with E-state index in [0.717, 1.165) is 34.0 Å². The number of pyridine rings is 1. The number of aromatic nitrogens is 2. The van der Waals surface area contributed by atoms with Crippen LogP contribution in [-0.4, -0.2) is 32.8 Å². The molecular weight excluding hydrogens is 534 g/mol. The monoisotopic (exact) mass is 569 g/mol. The van der Waals surface area contributed by atoms with E-state index in [4.69, 9.17) is 17.0 Å². The van der Waals surface area contributed by atoms with E-state index in [1.807, 2.05) is 69.3 Å². The molecule has 0 aliphatic carbocycles. The van der Waals surface area contributed by atoms with Crippen LogP contribution in [0.1, 0.15) is 55.5 Å². The number of carbonyl (C=O) groups is 1. The van der Waals surface area contributed by atoms with E-state index in [-0.39, 0.29) is 23.7 Å². The number of hydrogen-bond acceptors (Lipinski definition) is 5. The van der Waals surface area contributed by atoms with Crippen LogP contribution in [0.4, 0.5) is 11.4 Å². The number of aromatic hydroxyl groups is 1. The van der Waals surface area contributed by atoms with Crippen molar-refractivity contribution in [3.05, 3.63) is 95.6 Å². The Hall–Kier alpha value is -4.37. The van der Waals surface area contributed by atoms with Gasteiger partial charge in [0.05, 0.1) is 30.6 Å². The van der Waals surface area contributed by atoms with Gasteiger partial charge in [-0.1, -0.05) is 26.8 Å². The van der Waals surface area contributed by atoms with Gasteiger partial charge in [-0.15, -0.1) is 0 Å². The molecule has 0 radical (unpaired) electrons. The molecule has 0 bridgehead atoms. The molecule has 1 aliphatic rings. The Morgan fingerprint density at radius 1 is 1.05 bits per heavy atom. The number of phenols is 1. The Balaban J connectivity index is 1.62. The molecule has 1 amide bonds. The summed E-state index contributed by atoms with van der Waals surface area (Å²) >= 11 is 5.94. The standard InChI is InChI=1S/C32H35N5O3S/c1-19-17-24(20(2)36(19)21-10-13-23(38)14-11-21)29-28(26-9-7-8-16-33-26)35-31(41)37(29)22-12-15-25(27(18-22)40-6)34-30(39)32(3,4)5/h7-18,28-29,38H,1-6H3,(H,34,39)(H,35,41)/t28-,29-/m0/s1. The number of phenolic OH excluding ortho intramolecular Hbond substituents is 1. The number of anilines is 2. The largest absolute Gasteiger partial charge is 0.508 e. The van der Waals surface area contributed by atoms with Crippen LogP contribution in [0.25, 0.3) is 5.69 Å². The molecule has 9 heteroatoms. The number of thiocarbonyl (C=S) groups is 1. The molecule has 1 aliphatic heterocycles. The summed E-state index contributed by atoms with van der Waals surface area (Å²) in [4.78, 5) is 19.5. The second-order valence-corrected chi connectivity index (χ2v) is 11.7. The van der Waals surface area contributed by atoms with Crippen LogP contribution in [0.2, 0.25) is 0 Å². The minimum atomic E-state index is -0.550. The molecule has 3 heterocycles. The van der Waals surface area contributed by atoms with E-state index in [2.05, 4.69) is 45.0 Å². The SMILES string of the molecule is COc1cc(N2C(=S)N[C@@H](c3ccccn3)[C@@H]2c2cc(C)n(-c3ccc(O)cc3)c2C)ccc1NC(=O)C(C)(C)C. The third kappa shape index (κ3) is 5.37. The lowest BCUT2D eigenvalue weighted by atomic mass is 9.95. The average molecular weight is 570 g/mol. The lowest BCUT2D eigenvalue weighted by molar-refractivity contribution is -0.123. The lowest BCUT2D eigenvalue weighted by Gasteiger charge is -2.29. The second kappa shape index (κ2) is 10.9. The van der Waals surface area contributed by atoms with Crippen LogP contribution in [-0.2, 0) is 4.79 Å². The molecule has 2 atom stereocenters. The van der Waals surface area contributed by atoms with Crippen molar-refractivity contribution in [3.8, 4) is 17.2 Å². The van der Waals surface area contributed by atoms with Gasteiger partial charge in [0.1, 0.15) is 11.5 Å². The lowest BCUT2D eigenvalue weighted by Crippen LogP contribution is -2.30. The van der Waals surface area contributed by atoms with E-state index in [0.29, 0.717) is 16.5 Å². The van der Waals surface area contributed by atoms with Crippen molar-refractivity contribution >= 4 is 34.6 Å². The highest BCUT2D eigenvalue weighted by Crippen LogP contribution is 2.45. The molecule has 1 saturated heterocycles. The summed E-state index contributed by atoms with van der Waals surface area (Å²) in [5.74, 6) is 0.661. The summed E-state index contributed by atoms with van der Waals surface area (Å²) in [7, 11) is 1.59. The van der Waals surface area contributed by atoms with Gasteiger partial charge in [0.15, 0.2) is 5.11 Å². The molecule has 212 valence electrons. The quantitative estimate of drug-likeness (QED) is 0.233. The number of hydrogen-bond donors (Lipinski definition) is 3. The van der Waals surface area contributed by atoms with Gasteiger partial charge in [-0.25, -0.2) is 0 Å². The van der Waals surface area contributed by atoms with E-state index in [1.54, 1.807) is 25.4 Å². The van der Waals surface area contributed by atoms with Crippen molar-refractivity contribution in [2.45, 2.75) is 46.7 Å². The molecule has 0 saturated carbocycles. The first kappa shape index (κ1) is 28.2. The van der Waals surface area contributed by atoms with Gasteiger partial charge < -0.3 is 29.9 Å². The van der Waals surface area contributed by atoms with Crippen LogP contribution in [0, 0.1) is 19.3 Å².